The first-order valence-electron chi connectivity index (χ1n) is 10.5. The van der Waals surface area contributed by atoms with Crippen molar-refractivity contribution in [3.63, 3.8) is 0 Å². The van der Waals surface area contributed by atoms with Gasteiger partial charge in [0.05, 0.1) is 0 Å². The van der Waals surface area contributed by atoms with Gasteiger partial charge in [-0.25, -0.2) is 0 Å². The van der Waals surface area contributed by atoms with Crippen LogP contribution in [0.3, 0.4) is 0 Å². The van der Waals surface area contributed by atoms with Gasteiger partial charge in [0.2, 0.25) is 0 Å². The third-order valence-electron chi connectivity index (χ3n) is 6.08. The maximum Gasteiger partial charge on any atom is 0.254 e. The van der Waals surface area contributed by atoms with Crippen LogP contribution in [-0.2, 0) is 9.59 Å². The van der Waals surface area contributed by atoms with Crippen LogP contribution in [0.4, 0.5) is 5.69 Å². The van der Waals surface area contributed by atoms with E-state index < -0.39 is 5.92 Å². The molecular formula is C26H27BrN2O2. The molecule has 5 heteroatoms. The standard InChI is InChI=1S/C26H27BrN2O2/c1-15-7-5-6-8-19(15)29-25(31)22-16(2)28-20-13-26(3,4)14-21(30)24(20)23(22)17-9-11-18(27)12-10-17/h5-12,23,28H,13-14H2,1-4H3,(H,29,31)/t23-/m1/s1. The van der Waals surface area contributed by atoms with Crippen molar-refractivity contribution in [2.24, 2.45) is 5.41 Å². The lowest BCUT2D eigenvalue weighted by Gasteiger charge is -2.39. The van der Waals surface area contributed by atoms with Gasteiger partial charge in [0.15, 0.2) is 5.78 Å². The lowest BCUT2D eigenvalue weighted by atomic mass is 9.68. The maximum absolute atomic E-state index is 13.5. The topological polar surface area (TPSA) is 58.2 Å². The summed E-state index contributed by atoms with van der Waals surface area (Å²) in [5.74, 6) is -0.464. The molecule has 2 aromatic carbocycles. The number of anilines is 1. The number of ketones is 1. The summed E-state index contributed by atoms with van der Waals surface area (Å²) in [6.45, 7) is 8.12. The normalized spacial score (nSPS) is 20.3. The van der Waals surface area contributed by atoms with Gasteiger partial charge in [-0.2, -0.15) is 0 Å². The minimum atomic E-state index is -0.392. The highest BCUT2D eigenvalue weighted by atomic mass is 79.9. The first kappa shape index (κ1) is 21.6. The van der Waals surface area contributed by atoms with E-state index in [9.17, 15) is 9.59 Å². The van der Waals surface area contributed by atoms with Crippen LogP contribution < -0.4 is 10.6 Å². The summed E-state index contributed by atoms with van der Waals surface area (Å²) in [6.07, 6.45) is 1.26. The zero-order valence-electron chi connectivity index (χ0n) is 18.3. The molecule has 0 spiro atoms. The molecule has 160 valence electrons. The van der Waals surface area contributed by atoms with Gasteiger partial charge in [0.1, 0.15) is 0 Å². The Kier molecular flexibility index (Phi) is 5.65. The van der Waals surface area contributed by atoms with Crippen molar-refractivity contribution >= 4 is 33.3 Å². The van der Waals surface area contributed by atoms with Crippen molar-refractivity contribution in [2.45, 2.75) is 46.5 Å². The molecule has 4 nitrogen and oxygen atoms in total. The zero-order valence-corrected chi connectivity index (χ0v) is 19.9. The number of rotatable bonds is 3. The molecule has 2 aliphatic rings. The fourth-order valence-electron chi connectivity index (χ4n) is 4.63. The highest BCUT2D eigenvalue weighted by Crippen LogP contribution is 2.46. The van der Waals surface area contributed by atoms with Crippen molar-refractivity contribution in [1.29, 1.82) is 0 Å². The summed E-state index contributed by atoms with van der Waals surface area (Å²) >= 11 is 3.49. The number of carbonyl (C=O) groups excluding carboxylic acids is 2. The molecule has 1 aliphatic heterocycles. The average molecular weight is 479 g/mol. The van der Waals surface area contributed by atoms with Gasteiger partial charge in [-0.15, -0.1) is 0 Å². The fraction of sp³-hybridized carbons (Fsp3) is 0.308. The van der Waals surface area contributed by atoms with E-state index in [-0.39, 0.29) is 17.1 Å². The summed E-state index contributed by atoms with van der Waals surface area (Å²) in [7, 11) is 0. The smallest absolute Gasteiger partial charge is 0.254 e. The molecule has 1 heterocycles. The fourth-order valence-corrected chi connectivity index (χ4v) is 4.89. The van der Waals surface area contributed by atoms with Crippen LogP contribution in [0.25, 0.3) is 0 Å². The molecule has 4 rings (SSSR count). The van der Waals surface area contributed by atoms with Gasteiger partial charge < -0.3 is 10.6 Å². The number of halogens is 1. The Morgan fingerprint density at radius 1 is 1.06 bits per heavy atom. The predicted molar refractivity (Wildman–Crippen MR) is 128 cm³/mol. The van der Waals surface area contributed by atoms with Crippen molar-refractivity contribution in [3.05, 3.63) is 86.7 Å². The van der Waals surface area contributed by atoms with E-state index in [4.69, 9.17) is 0 Å². The summed E-state index contributed by atoms with van der Waals surface area (Å²) < 4.78 is 0.960. The Balaban J connectivity index is 1.81. The second-order valence-electron chi connectivity index (χ2n) is 9.25. The van der Waals surface area contributed by atoms with Gasteiger partial charge in [0, 0.05) is 45.0 Å². The molecule has 2 N–H and O–H groups in total. The van der Waals surface area contributed by atoms with E-state index in [0.29, 0.717) is 12.0 Å². The van der Waals surface area contributed by atoms with Gasteiger partial charge in [-0.3, -0.25) is 9.59 Å². The molecule has 0 bridgehead atoms. The molecular weight excluding hydrogens is 452 g/mol. The van der Waals surface area contributed by atoms with E-state index in [2.05, 4.69) is 40.4 Å². The van der Waals surface area contributed by atoms with E-state index >= 15 is 0 Å². The molecule has 0 radical (unpaired) electrons. The van der Waals surface area contributed by atoms with Gasteiger partial charge in [0.25, 0.3) is 5.91 Å². The second kappa shape index (κ2) is 8.12. The van der Waals surface area contributed by atoms with Crippen molar-refractivity contribution in [2.75, 3.05) is 5.32 Å². The zero-order chi connectivity index (χ0) is 22.3. The van der Waals surface area contributed by atoms with Crippen LogP contribution in [0.15, 0.2) is 75.5 Å². The van der Waals surface area contributed by atoms with Gasteiger partial charge in [-0.05, 0) is 55.0 Å². The number of carbonyl (C=O) groups is 2. The number of allylic oxidation sites excluding steroid dienone is 3. The third kappa shape index (κ3) is 4.24. The van der Waals surface area contributed by atoms with E-state index in [1.807, 2.05) is 62.4 Å². The van der Waals surface area contributed by atoms with Gasteiger partial charge >= 0.3 is 0 Å². The number of Topliss-reactive ketones (excluding diaryl/α,β-unsaturated/α-hetero) is 1. The second-order valence-corrected chi connectivity index (χ2v) is 10.2. The SMILES string of the molecule is CC1=C(C(=O)Nc2ccccc2C)[C@@H](c2ccc(Br)cc2)C2=C(CC(C)(C)CC2=O)N1. The third-order valence-corrected chi connectivity index (χ3v) is 6.61. The summed E-state index contributed by atoms with van der Waals surface area (Å²) in [5, 5.41) is 6.48. The molecule has 0 aromatic heterocycles. The van der Waals surface area contributed by atoms with Gasteiger partial charge in [-0.1, -0.05) is 60.1 Å². The highest BCUT2D eigenvalue weighted by molar-refractivity contribution is 9.10. The number of hydrogen-bond acceptors (Lipinski definition) is 3. The lowest BCUT2D eigenvalue weighted by molar-refractivity contribution is -0.118. The molecule has 0 unspecified atom stereocenters. The Morgan fingerprint density at radius 3 is 2.42 bits per heavy atom. The quantitative estimate of drug-likeness (QED) is 0.568. The molecule has 1 amide bonds. The number of dihydropyridines is 1. The number of benzene rings is 2. The summed E-state index contributed by atoms with van der Waals surface area (Å²) in [4.78, 5) is 26.9. The Bertz CT molecular complexity index is 1130. The van der Waals surface area contributed by atoms with E-state index in [0.717, 1.165) is 44.7 Å². The number of hydrogen-bond donors (Lipinski definition) is 2. The molecule has 1 aliphatic carbocycles. The minimum absolute atomic E-state index is 0.103. The molecule has 0 saturated heterocycles. The number of aryl methyl sites for hydroxylation is 1. The Morgan fingerprint density at radius 2 is 1.74 bits per heavy atom. The number of nitrogens with one attached hydrogen (secondary N) is 2. The van der Waals surface area contributed by atoms with Crippen LogP contribution in [-0.4, -0.2) is 11.7 Å². The average Bonchev–Trinajstić information content (AvgIpc) is 2.68. The van der Waals surface area contributed by atoms with E-state index in [1.54, 1.807) is 0 Å². The van der Waals surface area contributed by atoms with Crippen LogP contribution in [0, 0.1) is 12.3 Å². The lowest BCUT2D eigenvalue weighted by Crippen LogP contribution is -2.39. The molecule has 0 fully saturated rings. The van der Waals surface area contributed by atoms with Crippen molar-refractivity contribution in [1.82, 2.24) is 5.32 Å². The van der Waals surface area contributed by atoms with E-state index in [1.165, 1.54) is 0 Å². The van der Waals surface area contributed by atoms with Crippen molar-refractivity contribution < 1.29 is 9.59 Å². The van der Waals surface area contributed by atoms with Crippen LogP contribution in [0.1, 0.15) is 50.7 Å². The number of para-hydroxylation sites is 1. The predicted octanol–water partition coefficient (Wildman–Crippen LogP) is 6.00. The van der Waals surface area contributed by atoms with Crippen LogP contribution in [0.5, 0.6) is 0 Å². The van der Waals surface area contributed by atoms with Crippen molar-refractivity contribution in [3.8, 4) is 0 Å². The summed E-state index contributed by atoms with van der Waals surface area (Å²) in [6, 6.07) is 15.6. The molecule has 0 saturated carbocycles. The van der Waals surface area contributed by atoms with Crippen LogP contribution in [0.2, 0.25) is 0 Å². The first-order valence-corrected chi connectivity index (χ1v) is 11.3. The maximum atomic E-state index is 13.5. The first-order chi connectivity index (χ1) is 14.7. The number of amides is 1. The molecule has 1 atom stereocenters. The molecule has 2 aromatic rings. The highest BCUT2D eigenvalue weighted by Gasteiger charge is 2.42. The minimum Gasteiger partial charge on any atom is -0.362 e. The molecule has 31 heavy (non-hydrogen) atoms. The largest absolute Gasteiger partial charge is 0.362 e. The Hall–Kier alpha value is -2.66. The Labute approximate surface area is 191 Å². The summed E-state index contributed by atoms with van der Waals surface area (Å²) in [5.41, 5.74) is 5.67. The van der Waals surface area contributed by atoms with Crippen LogP contribution >= 0.6 is 15.9 Å². The monoisotopic (exact) mass is 478 g/mol.